The first-order valence-corrected chi connectivity index (χ1v) is 13.3. The topological polar surface area (TPSA) is 36.0 Å². The third-order valence-electron chi connectivity index (χ3n) is 8.10. The number of hydrogen-bond donors (Lipinski definition) is 0. The Balaban J connectivity index is 1.24. The van der Waals surface area contributed by atoms with Crippen molar-refractivity contribution in [2.45, 2.75) is 70.6 Å². The summed E-state index contributed by atoms with van der Waals surface area (Å²) in [5, 5.41) is 0. The molecule has 2 fully saturated rings. The van der Waals surface area contributed by atoms with Gasteiger partial charge < -0.3 is 14.5 Å². The molecule has 2 aliphatic heterocycles. The number of amides is 1. The lowest BCUT2D eigenvalue weighted by Crippen LogP contribution is -2.50. The zero-order chi connectivity index (χ0) is 23.3. The Hall–Kier alpha value is -2.53. The summed E-state index contributed by atoms with van der Waals surface area (Å²) in [7, 11) is 0. The van der Waals surface area contributed by atoms with E-state index in [0.29, 0.717) is 6.61 Å². The van der Waals surface area contributed by atoms with Crippen LogP contribution in [0.4, 0.5) is 10.5 Å². The molecule has 182 valence electrons. The van der Waals surface area contributed by atoms with Gasteiger partial charge in [-0.1, -0.05) is 55.7 Å². The van der Waals surface area contributed by atoms with Crippen LogP contribution in [0.2, 0.25) is 0 Å². The van der Waals surface area contributed by atoms with Crippen LogP contribution in [0.3, 0.4) is 0 Å². The Bertz CT molecular complexity index is 949. The van der Waals surface area contributed by atoms with Gasteiger partial charge in [-0.3, -0.25) is 4.90 Å². The fourth-order valence-corrected chi connectivity index (χ4v) is 6.04. The number of carbonyl (C=O) groups is 1. The summed E-state index contributed by atoms with van der Waals surface area (Å²) < 4.78 is 5.70. The molecule has 0 unspecified atom stereocenters. The van der Waals surface area contributed by atoms with Crippen molar-refractivity contribution in [2.75, 3.05) is 37.6 Å². The molecule has 0 radical (unpaired) electrons. The first-order chi connectivity index (χ1) is 16.7. The van der Waals surface area contributed by atoms with Crippen molar-refractivity contribution in [3.8, 4) is 0 Å². The van der Waals surface area contributed by atoms with Crippen LogP contribution in [-0.2, 0) is 17.8 Å². The van der Waals surface area contributed by atoms with Gasteiger partial charge >= 0.3 is 6.09 Å². The van der Waals surface area contributed by atoms with E-state index in [1.807, 2.05) is 35.2 Å². The molecule has 0 bridgehead atoms. The summed E-state index contributed by atoms with van der Waals surface area (Å²) in [5.74, 6) is 0. The number of aryl methyl sites for hydroxylation is 1. The number of anilines is 1. The summed E-state index contributed by atoms with van der Waals surface area (Å²) in [5.41, 5.74) is 4.97. The number of rotatable bonds is 4. The molecule has 2 aromatic rings. The van der Waals surface area contributed by atoms with Crippen LogP contribution in [0.1, 0.15) is 68.2 Å². The molecule has 1 amide bonds. The van der Waals surface area contributed by atoms with Crippen LogP contribution in [0.25, 0.3) is 0 Å². The van der Waals surface area contributed by atoms with E-state index in [1.54, 1.807) is 0 Å². The number of fused-ring (bicyclic) bond motifs is 1. The van der Waals surface area contributed by atoms with Crippen LogP contribution in [0.15, 0.2) is 48.5 Å². The van der Waals surface area contributed by atoms with Crippen LogP contribution in [0, 0.1) is 0 Å². The summed E-state index contributed by atoms with van der Waals surface area (Å²) in [6, 6.07) is 17.7. The molecule has 5 heteroatoms. The average molecular weight is 462 g/mol. The minimum absolute atomic E-state index is 0.0178. The van der Waals surface area contributed by atoms with E-state index in [-0.39, 0.29) is 12.1 Å². The highest BCUT2D eigenvalue weighted by Gasteiger charge is 2.29. The molecule has 0 aromatic heterocycles. The number of nitrogens with zero attached hydrogens (tertiary/aromatic N) is 3. The molecule has 5 nitrogen and oxygen atoms in total. The quantitative estimate of drug-likeness (QED) is 0.578. The normalized spacial score (nSPS) is 22.2. The highest BCUT2D eigenvalue weighted by molar-refractivity contribution is 5.69. The molecule has 1 saturated carbocycles. The molecule has 2 heterocycles. The Labute approximate surface area is 204 Å². The van der Waals surface area contributed by atoms with Crippen LogP contribution in [0.5, 0.6) is 0 Å². The number of carbonyl (C=O) groups excluding carboxylic acids is 1. The Morgan fingerprint density at radius 2 is 1.68 bits per heavy atom. The van der Waals surface area contributed by atoms with Gasteiger partial charge in [-0.05, 0) is 61.4 Å². The Morgan fingerprint density at radius 1 is 0.912 bits per heavy atom. The van der Waals surface area contributed by atoms with E-state index in [1.165, 1.54) is 48.9 Å². The number of hydrogen-bond acceptors (Lipinski definition) is 4. The van der Waals surface area contributed by atoms with E-state index < -0.39 is 0 Å². The smallest absolute Gasteiger partial charge is 0.410 e. The fraction of sp³-hybridized carbons (Fsp3) is 0.552. The maximum absolute atomic E-state index is 13.0. The Morgan fingerprint density at radius 3 is 2.44 bits per heavy atom. The molecule has 3 aliphatic rings. The van der Waals surface area contributed by atoms with Crippen LogP contribution >= 0.6 is 0 Å². The lowest BCUT2D eigenvalue weighted by atomic mass is 9.93. The standard InChI is InChI=1S/C29H39N3O2/c1-23-28-21-27(31-19-17-30(18-20-31)26-12-6-3-7-13-26)15-14-25(28)11-8-16-32(23)29(33)34-22-24-9-4-2-5-10-24/h2,4-5,9-10,14-15,21,23,26H,3,6-8,11-13,16-20,22H2,1H3/t23-/m0/s1. The second kappa shape index (κ2) is 10.8. The van der Waals surface area contributed by atoms with Crippen molar-refractivity contribution in [2.24, 2.45) is 0 Å². The Kier molecular flexibility index (Phi) is 7.39. The van der Waals surface area contributed by atoms with Gasteiger partial charge in [-0.25, -0.2) is 4.79 Å². The molecule has 1 saturated heterocycles. The van der Waals surface area contributed by atoms with Gasteiger partial charge in [-0.15, -0.1) is 0 Å². The lowest BCUT2D eigenvalue weighted by molar-refractivity contribution is 0.0838. The van der Waals surface area contributed by atoms with E-state index in [4.69, 9.17) is 4.74 Å². The van der Waals surface area contributed by atoms with Crippen molar-refractivity contribution < 1.29 is 9.53 Å². The van der Waals surface area contributed by atoms with Gasteiger partial charge in [0.05, 0.1) is 6.04 Å². The summed E-state index contributed by atoms with van der Waals surface area (Å²) >= 11 is 0. The number of ether oxygens (including phenoxy) is 1. The van der Waals surface area contributed by atoms with Crippen molar-refractivity contribution in [3.05, 3.63) is 65.2 Å². The maximum Gasteiger partial charge on any atom is 0.410 e. The summed E-state index contributed by atoms with van der Waals surface area (Å²) in [6.07, 6.45) is 8.75. The van der Waals surface area contributed by atoms with Crippen molar-refractivity contribution in [3.63, 3.8) is 0 Å². The van der Waals surface area contributed by atoms with Crippen molar-refractivity contribution in [1.82, 2.24) is 9.80 Å². The molecule has 2 aromatic carbocycles. The van der Waals surface area contributed by atoms with Crippen molar-refractivity contribution in [1.29, 1.82) is 0 Å². The maximum atomic E-state index is 13.0. The second-order valence-corrected chi connectivity index (χ2v) is 10.2. The molecular weight excluding hydrogens is 422 g/mol. The molecule has 34 heavy (non-hydrogen) atoms. The monoisotopic (exact) mass is 461 g/mol. The second-order valence-electron chi connectivity index (χ2n) is 10.2. The number of piperazine rings is 1. The molecular formula is C29H39N3O2. The van der Waals surface area contributed by atoms with Crippen LogP contribution < -0.4 is 4.90 Å². The largest absolute Gasteiger partial charge is 0.445 e. The van der Waals surface area contributed by atoms with E-state index in [0.717, 1.165) is 57.2 Å². The van der Waals surface area contributed by atoms with Crippen LogP contribution in [-0.4, -0.2) is 54.7 Å². The fourth-order valence-electron chi connectivity index (χ4n) is 6.04. The third kappa shape index (κ3) is 5.25. The first-order valence-electron chi connectivity index (χ1n) is 13.3. The van der Waals surface area contributed by atoms with Gasteiger partial charge in [0.25, 0.3) is 0 Å². The van der Waals surface area contributed by atoms with Crippen molar-refractivity contribution >= 4 is 11.8 Å². The minimum atomic E-state index is -0.212. The van der Waals surface area contributed by atoms with Gasteiger partial charge in [-0.2, -0.15) is 0 Å². The minimum Gasteiger partial charge on any atom is -0.445 e. The van der Waals surface area contributed by atoms with Gasteiger partial charge in [0.1, 0.15) is 6.61 Å². The number of benzene rings is 2. The molecule has 1 atom stereocenters. The summed E-state index contributed by atoms with van der Waals surface area (Å²) in [6.45, 7) is 7.71. The van der Waals surface area contributed by atoms with Gasteiger partial charge in [0.2, 0.25) is 0 Å². The first kappa shape index (κ1) is 23.2. The average Bonchev–Trinajstić information content (AvgIpc) is 3.07. The molecule has 1 aliphatic carbocycles. The highest BCUT2D eigenvalue weighted by atomic mass is 16.6. The summed E-state index contributed by atoms with van der Waals surface area (Å²) in [4.78, 5) is 20.2. The lowest BCUT2D eigenvalue weighted by Gasteiger charge is -2.41. The SMILES string of the molecule is C[C@H]1c2cc(N3CCN(C4CCCCC4)CC3)ccc2CCCN1C(=O)OCc1ccccc1. The van der Waals surface area contributed by atoms with Gasteiger partial charge in [0.15, 0.2) is 0 Å². The van der Waals surface area contributed by atoms with E-state index in [9.17, 15) is 4.79 Å². The van der Waals surface area contributed by atoms with E-state index in [2.05, 4.69) is 34.9 Å². The zero-order valence-electron chi connectivity index (χ0n) is 20.6. The highest BCUT2D eigenvalue weighted by Crippen LogP contribution is 2.33. The predicted molar refractivity (Wildman–Crippen MR) is 137 cm³/mol. The zero-order valence-corrected chi connectivity index (χ0v) is 20.6. The molecule has 0 N–H and O–H groups in total. The third-order valence-corrected chi connectivity index (χ3v) is 8.10. The molecule has 5 rings (SSSR count). The van der Waals surface area contributed by atoms with Gasteiger partial charge in [0, 0.05) is 44.5 Å². The molecule has 0 spiro atoms. The predicted octanol–water partition coefficient (Wildman–Crippen LogP) is 5.79. The van der Waals surface area contributed by atoms with E-state index >= 15 is 0 Å².